The minimum Gasteiger partial charge on any atom is -0.379 e. The van der Waals surface area contributed by atoms with E-state index in [1.165, 1.54) is 0 Å². The van der Waals surface area contributed by atoms with E-state index in [1.54, 1.807) is 6.92 Å². The number of hydrogen-bond acceptors (Lipinski definition) is 5. The molecule has 32 heavy (non-hydrogen) atoms. The molecule has 1 fully saturated rings. The van der Waals surface area contributed by atoms with Crippen molar-refractivity contribution in [2.45, 2.75) is 25.4 Å². The molecule has 2 atom stereocenters. The van der Waals surface area contributed by atoms with Crippen molar-refractivity contribution in [1.82, 2.24) is 14.3 Å². The number of amides is 1. The van der Waals surface area contributed by atoms with E-state index < -0.39 is 5.60 Å². The Kier molecular flexibility index (Phi) is 5.61. The van der Waals surface area contributed by atoms with Crippen LogP contribution in [0.1, 0.15) is 24.6 Å². The van der Waals surface area contributed by atoms with Gasteiger partial charge in [0.15, 0.2) is 0 Å². The number of hydrogen-bond donors (Lipinski definition) is 0. The van der Waals surface area contributed by atoms with E-state index in [4.69, 9.17) is 21.2 Å². The molecule has 2 aromatic heterocycles. The Bertz CT molecular complexity index is 1180. The van der Waals surface area contributed by atoms with Gasteiger partial charge in [0.2, 0.25) is 5.60 Å². The van der Waals surface area contributed by atoms with Crippen LogP contribution in [0, 0.1) is 5.92 Å². The Morgan fingerprint density at radius 2 is 2.12 bits per heavy atom. The van der Waals surface area contributed by atoms with Crippen LogP contribution in [-0.2, 0) is 20.8 Å². The minimum atomic E-state index is -1.05. The first-order valence-corrected chi connectivity index (χ1v) is 11.2. The second-order valence-electron chi connectivity index (χ2n) is 8.59. The van der Waals surface area contributed by atoms with Gasteiger partial charge in [0.1, 0.15) is 0 Å². The van der Waals surface area contributed by atoms with Crippen LogP contribution >= 0.6 is 11.6 Å². The molecule has 166 valence electrons. The molecule has 0 saturated carbocycles. The number of ether oxygens (including phenoxy) is 1. The lowest BCUT2D eigenvalue weighted by atomic mass is 9.93. The molecule has 7 nitrogen and oxygen atoms in total. The lowest BCUT2D eigenvalue weighted by molar-refractivity contribution is -0.153. The van der Waals surface area contributed by atoms with Gasteiger partial charge in [-0.25, -0.2) is 0 Å². The topological polar surface area (TPSA) is 68.4 Å². The fraction of sp³-hybridized carbons (Fsp3) is 0.375. The van der Waals surface area contributed by atoms with Crippen LogP contribution in [0.15, 0.2) is 60.1 Å². The summed E-state index contributed by atoms with van der Waals surface area (Å²) in [6.07, 6.45) is 6.87. The van der Waals surface area contributed by atoms with Gasteiger partial charge < -0.3 is 18.9 Å². The molecule has 0 radical (unpaired) electrons. The second kappa shape index (κ2) is 8.56. The monoisotopic (exact) mass is 452 g/mol. The molecule has 3 aromatic rings. The largest absolute Gasteiger partial charge is 0.379 e. The van der Waals surface area contributed by atoms with E-state index in [0.29, 0.717) is 43.5 Å². The molecule has 0 spiro atoms. The zero-order valence-electron chi connectivity index (χ0n) is 17.9. The average molecular weight is 453 g/mol. The fourth-order valence-corrected chi connectivity index (χ4v) is 4.72. The predicted octanol–water partition coefficient (Wildman–Crippen LogP) is 3.59. The third-order valence-electron chi connectivity index (χ3n) is 6.14. The highest BCUT2D eigenvalue weighted by Gasteiger charge is 2.45. The molecule has 0 N–H and O–H groups in total. The SMILES string of the molecule is C[C@]1(C(=O)N2CCOC[C@H](Cc3nccn4cccc34)C2)CC(c2ccccc2Cl)=NO1. The quantitative estimate of drug-likeness (QED) is 0.606. The molecule has 1 aromatic carbocycles. The van der Waals surface area contributed by atoms with E-state index in [-0.39, 0.29) is 11.8 Å². The van der Waals surface area contributed by atoms with E-state index in [1.807, 2.05) is 53.8 Å². The first kappa shape index (κ1) is 21.0. The average Bonchev–Trinajstić information content (AvgIpc) is 3.37. The lowest BCUT2D eigenvalue weighted by Gasteiger charge is -2.30. The minimum absolute atomic E-state index is 0.0762. The number of carbonyl (C=O) groups excluding carboxylic acids is 1. The van der Waals surface area contributed by atoms with Crippen LogP contribution in [0.3, 0.4) is 0 Å². The van der Waals surface area contributed by atoms with E-state index in [0.717, 1.165) is 23.2 Å². The number of carbonyl (C=O) groups is 1. The summed E-state index contributed by atoms with van der Waals surface area (Å²) in [5.74, 6) is 0.0664. The molecule has 0 bridgehead atoms. The smallest absolute Gasteiger partial charge is 0.269 e. The molecule has 8 heteroatoms. The normalized spacial score (nSPS) is 23.6. The van der Waals surface area contributed by atoms with E-state index in [2.05, 4.69) is 20.6 Å². The maximum atomic E-state index is 13.5. The third-order valence-corrected chi connectivity index (χ3v) is 6.47. The summed E-state index contributed by atoms with van der Waals surface area (Å²) in [6.45, 7) is 4.00. The van der Waals surface area contributed by atoms with Crippen molar-refractivity contribution in [3.8, 4) is 0 Å². The van der Waals surface area contributed by atoms with Crippen molar-refractivity contribution < 1.29 is 14.4 Å². The maximum absolute atomic E-state index is 13.5. The van der Waals surface area contributed by atoms with Crippen LogP contribution in [0.5, 0.6) is 0 Å². The standard InChI is InChI=1S/C24H25ClN4O3/c1-24(14-21(27-32-24)18-5-2-3-6-19(18)25)23(30)29-11-12-31-16-17(15-29)13-20-22-7-4-9-28(22)10-8-26-20/h2-10,17H,11-16H2,1H3/t17-,24-/m1/s1. The van der Waals surface area contributed by atoms with Gasteiger partial charge >= 0.3 is 0 Å². The Morgan fingerprint density at radius 1 is 1.25 bits per heavy atom. The first-order valence-electron chi connectivity index (χ1n) is 10.8. The van der Waals surface area contributed by atoms with Crippen molar-refractivity contribution in [1.29, 1.82) is 0 Å². The van der Waals surface area contributed by atoms with Crippen molar-refractivity contribution in [2.75, 3.05) is 26.3 Å². The molecule has 0 unspecified atom stereocenters. The summed E-state index contributed by atoms with van der Waals surface area (Å²) in [5, 5.41) is 4.81. The molecular weight excluding hydrogens is 428 g/mol. The molecule has 4 heterocycles. The lowest BCUT2D eigenvalue weighted by Crippen LogP contribution is -2.49. The number of aromatic nitrogens is 2. The van der Waals surface area contributed by atoms with Crippen molar-refractivity contribution in [3.05, 3.63) is 71.3 Å². The van der Waals surface area contributed by atoms with Gasteiger partial charge in [-0.05, 0) is 31.5 Å². The first-order chi connectivity index (χ1) is 15.5. The van der Waals surface area contributed by atoms with Gasteiger partial charge in [-0.15, -0.1) is 0 Å². The number of halogens is 1. The summed E-state index contributed by atoms with van der Waals surface area (Å²) in [5.41, 5.74) is 2.53. The Morgan fingerprint density at radius 3 is 3.00 bits per heavy atom. The summed E-state index contributed by atoms with van der Waals surface area (Å²) in [7, 11) is 0. The highest BCUT2D eigenvalue weighted by atomic mass is 35.5. The van der Waals surface area contributed by atoms with Gasteiger partial charge in [0.25, 0.3) is 5.91 Å². The Labute approximate surface area is 191 Å². The van der Waals surface area contributed by atoms with Gasteiger partial charge in [0, 0.05) is 54.6 Å². The Balaban J connectivity index is 1.30. The van der Waals surface area contributed by atoms with Crippen molar-refractivity contribution >= 4 is 28.7 Å². The van der Waals surface area contributed by atoms with Crippen LogP contribution in [0.2, 0.25) is 5.02 Å². The molecule has 2 aliphatic heterocycles. The second-order valence-corrected chi connectivity index (χ2v) is 8.99. The third kappa shape index (κ3) is 3.98. The van der Waals surface area contributed by atoms with Gasteiger partial charge in [-0.3, -0.25) is 9.78 Å². The van der Waals surface area contributed by atoms with Crippen molar-refractivity contribution in [2.24, 2.45) is 11.1 Å². The highest BCUT2D eigenvalue weighted by Crippen LogP contribution is 2.31. The number of rotatable bonds is 4. The molecule has 1 amide bonds. The summed E-state index contributed by atoms with van der Waals surface area (Å²) < 4.78 is 7.90. The van der Waals surface area contributed by atoms with Gasteiger partial charge in [-0.1, -0.05) is 35.0 Å². The summed E-state index contributed by atoms with van der Waals surface area (Å²) in [4.78, 5) is 25.7. The molecule has 1 saturated heterocycles. The molecular formula is C24H25ClN4O3. The number of oxime groups is 1. The molecule has 5 rings (SSSR count). The zero-order chi connectivity index (χ0) is 22.1. The van der Waals surface area contributed by atoms with Crippen molar-refractivity contribution in [3.63, 3.8) is 0 Å². The van der Waals surface area contributed by atoms with E-state index >= 15 is 0 Å². The van der Waals surface area contributed by atoms with Crippen LogP contribution in [0.25, 0.3) is 5.52 Å². The summed E-state index contributed by atoms with van der Waals surface area (Å²) >= 11 is 6.32. The zero-order valence-corrected chi connectivity index (χ0v) is 18.7. The maximum Gasteiger partial charge on any atom is 0.269 e. The molecule has 2 aliphatic rings. The van der Waals surface area contributed by atoms with Crippen LogP contribution < -0.4 is 0 Å². The predicted molar refractivity (Wildman–Crippen MR) is 122 cm³/mol. The highest BCUT2D eigenvalue weighted by molar-refractivity contribution is 6.34. The van der Waals surface area contributed by atoms with E-state index in [9.17, 15) is 4.79 Å². The van der Waals surface area contributed by atoms with Crippen LogP contribution in [-0.4, -0.2) is 57.8 Å². The van der Waals surface area contributed by atoms with Gasteiger partial charge in [0.05, 0.1) is 30.1 Å². The van der Waals surface area contributed by atoms with Gasteiger partial charge in [-0.2, -0.15) is 0 Å². The fourth-order valence-electron chi connectivity index (χ4n) is 4.48. The molecule has 0 aliphatic carbocycles. The van der Waals surface area contributed by atoms with Crippen LogP contribution in [0.4, 0.5) is 0 Å². The number of fused-ring (bicyclic) bond motifs is 1. The Hall–Kier alpha value is -2.90. The number of nitrogens with zero attached hydrogens (tertiary/aromatic N) is 4. The summed E-state index contributed by atoms with van der Waals surface area (Å²) in [6, 6.07) is 11.5. The number of benzene rings is 1.